The summed E-state index contributed by atoms with van der Waals surface area (Å²) in [5.74, 6) is 2.16. The first-order chi connectivity index (χ1) is 11.4. The van der Waals surface area contributed by atoms with E-state index in [9.17, 15) is 13.2 Å². The van der Waals surface area contributed by atoms with Gasteiger partial charge in [0.15, 0.2) is 0 Å². The van der Waals surface area contributed by atoms with Crippen LogP contribution in [0.25, 0.3) is 0 Å². The minimum absolute atomic E-state index is 0.0909. The number of nitrogens with zero attached hydrogens (tertiary/aromatic N) is 1. The summed E-state index contributed by atoms with van der Waals surface area (Å²) in [4.78, 5) is 11.8. The van der Waals surface area contributed by atoms with E-state index < -0.39 is 10.0 Å². The molecule has 0 aliphatic heterocycles. The SMILES string of the molecule is C#CCNC(=O)CN[C@H](C)c1ccc(S(=O)(=O)N(CC)CC)cc1. The Morgan fingerprint density at radius 1 is 1.25 bits per heavy atom. The Bertz CT molecular complexity index is 674. The molecule has 1 rings (SSSR count). The second-order valence-corrected chi connectivity index (χ2v) is 7.18. The lowest BCUT2D eigenvalue weighted by atomic mass is 10.1. The van der Waals surface area contributed by atoms with E-state index in [0.29, 0.717) is 13.1 Å². The topological polar surface area (TPSA) is 78.5 Å². The molecule has 0 bridgehead atoms. The molecule has 0 aliphatic carbocycles. The number of rotatable bonds is 9. The average molecular weight is 351 g/mol. The van der Waals surface area contributed by atoms with Gasteiger partial charge < -0.3 is 10.6 Å². The molecular formula is C17H25N3O3S. The first kappa shape index (κ1) is 20.2. The maximum atomic E-state index is 12.4. The van der Waals surface area contributed by atoms with E-state index in [1.165, 1.54) is 4.31 Å². The maximum absolute atomic E-state index is 12.4. The molecule has 7 heteroatoms. The smallest absolute Gasteiger partial charge is 0.243 e. The Hall–Kier alpha value is -1.88. The van der Waals surface area contributed by atoms with Crippen LogP contribution >= 0.6 is 0 Å². The summed E-state index contributed by atoms with van der Waals surface area (Å²) in [6, 6.07) is 6.62. The van der Waals surface area contributed by atoms with Crippen molar-refractivity contribution >= 4 is 15.9 Å². The molecule has 1 aromatic rings. The van der Waals surface area contributed by atoms with Gasteiger partial charge in [-0.05, 0) is 24.6 Å². The van der Waals surface area contributed by atoms with Gasteiger partial charge in [-0.15, -0.1) is 6.42 Å². The van der Waals surface area contributed by atoms with Gasteiger partial charge in [-0.3, -0.25) is 4.79 Å². The lowest BCUT2D eigenvalue weighted by Gasteiger charge is -2.19. The number of carbonyl (C=O) groups excluding carboxylic acids is 1. The van der Waals surface area contributed by atoms with Crippen molar-refractivity contribution in [1.29, 1.82) is 0 Å². The van der Waals surface area contributed by atoms with Crippen molar-refractivity contribution in [2.24, 2.45) is 0 Å². The largest absolute Gasteiger partial charge is 0.344 e. The summed E-state index contributed by atoms with van der Waals surface area (Å²) >= 11 is 0. The van der Waals surface area contributed by atoms with Crippen LogP contribution in [-0.4, -0.2) is 44.8 Å². The Morgan fingerprint density at radius 2 is 1.83 bits per heavy atom. The van der Waals surface area contributed by atoms with Gasteiger partial charge in [-0.25, -0.2) is 8.42 Å². The zero-order valence-electron chi connectivity index (χ0n) is 14.4. The molecular weight excluding hydrogens is 326 g/mol. The van der Waals surface area contributed by atoms with E-state index in [2.05, 4.69) is 16.6 Å². The summed E-state index contributed by atoms with van der Waals surface area (Å²) in [6.07, 6.45) is 5.08. The third kappa shape index (κ3) is 5.34. The molecule has 1 amide bonds. The molecule has 1 atom stereocenters. The Balaban J connectivity index is 2.74. The van der Waals surface area contributed by atoms with Gasteiger partial charge in [0.2, 0.25) is 15.9 Å². The van der Waals surface area contributed by atoms with Crippen molar-refractivity contribution < 1.29 is 13.2 Å². The fraction of sp³-hybridized carbons (Fsp3) is 0.471. The zero-order valence-corrected chi connectivity index (χ0v) is 15.2. The third-order valence-corrected chi connectivity index (χ3v) is 5.74. The highest BCUT2D eigenvalue weighted by molar-refractivity contribution is 7.89. The second kappa shape index (κ2) is 9.42. The van der Waals surface area contributed by atoms with Gasteiger partial charge in [0, 0.05) is 19.1 Å². The molecule has 6 nitrogen and oxygen atoms in total. The van der Waals surface area contributed by atoms with Crippen molar-refractivity contribution in [2.75, 3.05) is 26.2 Å². The second-order valence-electron chi connectivity index (χ2n) is 5.24. The quantitative estimate of drug-likeness (QED) is 0.654. The highest BCUT2D eigenvalue weighted by atomic mass is 32.2. The molecule has 0 aromatic heterocycles. The highest BCUT2D eigenvalue weighted by Crippen LogP contribution is 2.19. The van der Waals surface area contributed by atoms with Crippen LogP contribution in [0, 0.1) is 12.3 Å². The van der Waals surface area contributed by atoms with Crippen molar-refractivity contribution in [2.45, 2.75) is 31.7 Å². The highest BCUT2D eigenvalue weighted by Gasteiger charge is 2.21. The maximum Gasteiger partial charge on any atom is 0.243 e. The van der Waals surface area contributed by atoms with Crippen molar-refractivity contribution in [3.05, 3.63) is 29.8 Å². The van der Waals surface area contributed by atoms with Crippen LogP contribution in [-0.2, 0) is 14.8 Å². The zero-order chi connectivity index (χ0) is 18.2. The van der Waals surface area contributed by atoms with Crippen molar-refractivity contribution in [3.63, 3.8) is 0 Å². The Kier molecular flexibility index (Phi) is 7.92. The molecule has 24 heavy (non-hydrogen) atoms. The van der Waals surface area contributed by atoms with E-state index in [4.69, 9.17) is 6.42 Å². The molecule has 2 N–H and O–H groups in total. The van der Waals surface area contributed by atoms with Gasteiger partial charge >= 0.3 is 0 Å². The predicted molar refractivity (Wildman–Crippen MR) is 94.8 cm³/mol. The molecule has 1 aromatic carbocycles. The molecule has 0 saturated heterocycles. The van der Waals surface area contributed by atoms with Gasteiger partial charge in [0.05, 0.1) is 18.0 Å². The molecule has 0 fully saturated rings. The Morgan fingerprint density at radius 3 is 2.33 bits per heavy atom. The monoisotopic (exact) mass is 351 g/mol. The number of terminal acetylenes is 1. The van der Waals surface area contributed by atoms with E-state index in [1.54, 1.807) is 24.3 Å². The standard InChI is InChI=1S/C17H25N3O3S/c1-5-12-18-17(21)13-19-14(4)15-8-10-16(11-9-15)24(22,23)20(6-2)7-3/h1,8-11,14,19H,6-7,12-13H2,2-4H3,(H,18,21)/t14-/m1/s1. The van der Waals surface area contributed by atoms with Gasteiger partial charge in [0.1, 0.15) is 0 Å². The van der Waals surface area contributed by atoms with Crippen LogP contribution in [0.1, 0.15) is 32.4 Å². The molecule has 0 unspecified atom stereocenters. The number of carbonyl (C=O) groups is 1. The van der Waals surface area contributed by atoms with Gasteiger partial charge in [-0.1, -0.05) is 31.9 Å². The summed E-state index contributed by atoms with van der Waals surface area (Å²) < 4.78 is 26.3. The molecule has 0 heterocycles. The summed E-state index contributed by atoms with van der Waals surface area (Å²) in [6.45, 7) is 6.74. The normalized spacial score (nSPS) is 12.6. The minimum atomic E-state index is -3.45. The fourth-order valence-corrected chi connectivity index (χ4v) is 3.67. The van der Waals surface area contributed by atoms with Gasteiger partial charge in [0.25, 0.3) is 0 Å². The molecule has 0 radical (unpaired) electrons. The summed E-state index contributed by atoms with van der Waals surface area (Å²) in [5, 5.41) is 5.64. The van der Waals surface area contributed by atoms with Crippen LogP contribution < -0.4 is 10.6 Å². The van der Waals surface area contributed by atoms with Crippen molar-refractivity contribution in [3.8, 4) is 12.3 Å². The molecule has 0 aliphatic rings. The van der Waals surface area contributed by atoms with E-state index in [-0.39, 0.29) is 29.9 Å². The van der Waals surface area contributed by atoms with E-state index in [1.807, 2.05) is 20.8 Å². The number of nitrogens with one attached hydrogen (secondary N) is 2. The Labute approximate surface area is 144 Å². The van der Waals surface area contributed by atoms with Gasteiger partial charge in [-0.2, -0.15) is 4.31 Å². The number of benzene rings is 1. The number of hydrogen-bond acceptors (Lipinski definition) is 4. The predicted octanol–water partition coefficient (Wildman–Crippen LogP) is 1.12. The summed E-state index contributed by atoms with van der Waals surface area (Å²) in [7, 11) is -3.45. The van der Waals surface area contributed by atoms with Crippen LogP contribution in [0.3, 0.4) is 0 Å². The summed E-state index contributed by atoms with van der Waals surface area (Å²) in [5.41, 5.74) is 0.901. The van der Waals surface area contributed by atoms with Crippen LogP contribution in [0.5, 0.6) is 0 Å². The average Bonchev–Trinajstić information content (AvgIpc) is 2.58. The lowest BCUT2D eigenvalue weighted by molar-refractivity contribution is -0.120. The van der Waals surface area contributed by atoms with Crippen molar-refractivity contribution in [1.82, 2.24) is 14.9 Å². The fourth-order valence-electron chi connectivity index (χ4n) is 2.22. The van der Waals surface area contributed by atoms with E-state index in [0.717, 1.165) is 5.56 Å². The minimum Gasteiger partial charge on any atom is -0.344 e. The molecule has 0 spiro atoms. The third-order valence-electron chi connectivity index (χ3n) is 3.68. The molecule has 0 saturated carbocycles. The number of amides is 1. The number of hydrogen-bond donors (Lipinski definition) is 2. The van der Waals surface area contributed by atoms with Crippen LogP contribution in [0.15, 0.2) is 29.2 Å². The lowest BCUT2D eigenvalue weighted by Crippen LogP contribution is -2.35. The van der Waals surface area contributed by atoms with E-state index >= 15 is 0 Å². The van der Waals surface area contributed by atoms with Crippen LogP contribution in [0.2, 0.25) is 0 Å². The first-order valence-corrected chi connectivity index (χ1v) is 9.34. The molecule has 132 valence electrons. The van der Waals surface area contributed by atoms with Crippen LogP contribution in [0.4, 0.5) is 0 Å². The number of sulfonamides is 1. The first-order valence-electron chi connectivity index (χ1n) is 7.90.